The average molecular weight is 281 g/mol. The number of fused-ring (bicyclic) bond motifs is 1. The lowest BCUT2D eigenvalue weighted by atomic mass is 10.2. The Labute approximate surface area is 116 Å². The quantitative estimate of drug-likeness (QED) is 0.784. The minimum Gasteiger partial charge on any atom is -0.396 e. The Morgan fingerprint density at radius 1 is 1.47 bits per heavy atom. The number of aromatic nitrogens is 2. The lowest BCUT2D eigenvalue weighted by molar-refractivity contribution is -0.129. The number of nitrogens with zero attached hydrogens (tertiary/aromatic N) is 3. The molecular formula is C13H19N3O2S. The van der Waals surface area contributed by atoms with E-state index in [1.807, 2.05) is 29.2 Å². The molecule has 104 valence electrons. The van der Waals surface area contributed by atoms with Gasteiger partial charge in [-0.15, -0.1) is 11.3 Å². The Hall–Kier alpha value is -1.40. The van der Waals surface area contributed by atoms with Gasteiger partial charge < -0.3 is 10.0 Å². The molecule has 1 N–H and O–H groups in total. The van der Waals surface area contributed by atoms with Crippen LogP contribution in [0.5, 0.6) is 0 Å². The van der Waals surface area contributed by atoms with Crippen molar-refractivity contribution in [3.8, 4) is 0 Å². The maximum absolute atomic E-state index is 12.0. The molecule has 0 aliphatic carbocycles. The zero-order chi connectivity index (χ0) is 13.7. The molecule has 0 saturated carbocycles. The monoisotopic (exact) mass is 281 g/mol. The van der Waals surface area contributed by atoms with E-state index >= 15 is 0 Å². The molecule has 1 amide bonds. The first-order valence-corrected chi connectivity index (χ1v) is 7.34. The molecular weight excluding hydrogens is 262 g/mol. The van der Waals surface area contributed by atoms with Crippen LogP contribution in [-0.4, -0.2) is 45.5 Å². The number of imidazole rings is 1. The normalized spacial score (nSPS) is 11.1. The fraction of sp³-hybridized carbons (Fsp3) is 0.538. The van der Waals surface area contributed by atoms with Crippen LogP contribution in [0.15, 0.2) is 17.8 Å². The van der Waals surface area contributed by atoms with Crippen molar-refractivity contribution in [2.75, 3.05) is 20.2 Å². The summed E-state index contributed by atoms with van der Waals surface area (Å²) in [6.45, 7) is 0.962. The highest BCUT2D eigenvalue weighted by Gasteiger charge is 2.12. The van der Waals surface area contributed by atoms with Crippen molar-refractivity contribution < 1.29 is 9.90 Å². The highest BCUT2D eigenvalue weighted by molar-refractivity contribution is 7.15. The van der Waals surface area contributed by atoms with Gasteiger partial charge in [0.1, 0.15) is 0 Å². The molecule has 0 aliphatic heterocycles. The summed E-state index contributed by atoms with van der Waals surface area (Å²) in [7, 11) is 1.82. The van der Waals surface area contributed by atoms with E-state index in [9.17, 15) is 4.79 Å². The summed E-state index contributed by atoms with van der Waals surface area (Å²) in [5.41, 5.74) is 0.819. The summed E-state index contributed by atoms with van der Waals surface area (Å²) in [4.78, 5) is 19.1. The predicted molar refractivity (Wildman–Crippen MR) is 75.3 cm³/mol. The smallest absolute Gasteiger partial charge is 0.228 e. The summed E-state index contributed by atoms with van der Waals surface area (Å²) in [6, 6.07) is 0. The Morgan fingerprint density at radius 2 is 2.32 bits per heavy atom. The molecule has 2 aromatic rings. The van der Waals surface area contributed by atoms with Crippen molar-refractivity contribution in [2.24, 2.45) is 0 Å². The van der Waals surface area contributed by atoms with Crippen LogP contribution in [0.1, 0.15) is 25.0 Å². The van der Waals surface area contributed by atoms with Crippen molar-refractivity contribution in [1.82, 2.24) is 14.3 Å². The van der Waals surface area contributed by atoms with Crippen LogP contribution in [0, 0.1) is 0 Å². The third-order valence-corrected chi connectivity index (χ3v) is 3.82. The summed E-state index contributed by atoms with van der Waals surface area (Å²) in [5.74, 6) is 0.0924. The molecule has 0 unspecified atom stereocenters. The number of likely N-dealkylation sites (N-methyl/N-ethyl adjacent to an activating group) is 1. The third-order valence-electron chi connectivity index (χ3n) is 3.05. The highest BCUT2D eigenvalue weighted by Crippen LogP contribution is 2.12. The van der Waals surface area contributed by atoms with Gasteiger partial charge in [-0.05, 0) is 19.3 Å². The first-order chi connectivity index (χ1) is 9.20. The topological polar surface area (TPSA) is 57.8 Å². The number of thiazole rings is 1. The maximum Gasteiger partial charge on any atom is 0.228 e. The fourth-order valence-electron chi connectivity index (χ4n) is 1.91. The van der Waals surface area contributed by atoms with Crippen LogP contribution in [0.4, 0.5) is 0 Å². The predicted octanol–water partition coefficient (Wildman–Crippen LogP) is 1.56. The second-order valence-corrected chi connectivity index (χ2v) is 5.47. The van der Waals surface area contributed by atoms with Crippen LogP contribution < -0.4 is 0 Å². The summed E-state index contributed by atoms with van der Waals surface area (Å²) in [6.07, 6.45) is 6.89. The van der Waals surface area contributed by atoms with Crippen LogP contribution in [0.2, 0.25) is 0 Å². The zero-order valence-corrected chi connectivity index (χ0v) is 11.9. The van der Waals surface area contributed by atoms with Gasteiger partial charge in [0.05, 0.1) is 12.1 Å². The van der Waals surface area contributed by atoms with Gasteiger partial charge >= 0.3 is 0 Å². The van der Waals surface area contributed by atoms with Crippen LogP contribution in [-0.2, 0) is 11.2 Å². The van der Waals surface area contributed by atoms with E-state index in [-0.39, 0.29) is 12.5 Å². The van der Waals surface area contributed by atoms with Crippen molar-refractivity contribution in [2.45, 2.75) is 25.7 Å². The number of rotatable bonds is 7. The van der Waals surface area contributed by atoms with E-state index in [0.29, 0.717) is 6.42 Å². The van der Waals surface area contributed by atoms with Crippen molar-refractivity contribution >= 4 is 22.2 Å². The summed E-state index contributed by atoms with van der Waals surface area (Å²) < 4.78 is 1.94. The SMILES string of the molecule is CN(CCCCCO)C(=O)Cc1cn2ccsc2n1. The molecule has 0 saturated heterocycles. The minimum absolute atomic E-state index is 0.0924. The second kappa shape index (κ2) is 6.68. The fourth-order valence-corrected chi connectivity index (χ4v) is 2.63. The van der Waals surface area contributed by atoms with Gasteiger partial charge in [-0.3, -0.25) is 9.20 Å². The standard InChI is InChI=1S/C13H19N3O2S/c1-15(5-3-2-4-7-17)12(18)9-11-10-16-6-8-19-13(16)14-11/h6,8,10,17H,2-5,7,9H2,1H3. The lowest BCUT2D eigenvalue weighted by Gasteiger charge is -2.16. The average Bonchev–Trinajstić information content (AvgIpc) is 2.95. The van der Waals surface area contributed by atoms with E-state index in [1.54, 1.807) is 16.2 Å². The molecule has 0 atom stereocenters. The van der Waals surface area contributed by atoms with Crippen molar-refractivity contribution in [3.63, 3.8) is 0 Å². The van der Waals surface area contributed by atoms with Crippen LogP contribution in [0.25, 0.3) is 4.96 Å². The number of amides is 1. The molecule has 2 rings (SSSR count). The zero-order valence-electron chi connectivity index (χ0n) is 11.1. The Balaban J connectivity index is 1.81. The van der Waals surface area contributed by atoms with E-state index in [0.717, 1.165) is 36.5 Å². The Bertz CT molecular complexity index is 506. The number of hydrogen-bond acceptors (Lipinski definition) is 4. The number of hydrogen-bond donors (Lipinski definition) is 1. The molecule has 0 spiro atoms. The lowest BCUT2D eigenvalue weighted by Crippen LogP contribution is -2.29. The van der Waals surface area contributed by atoms with Gasteiger partial charge in [-0.2, -0.15) is 0 Å². The minimum atomic E-state index is 0.0924. The summed E-state index contributed by atoms with van der Waals surface area (Å²) >= 11 is 1.57. The molecule has 2 heterocycles. The molecule has 19 heavy (non-hydrogen) atoms. The highest BCUT2D eigenvalue weighted by atomic mass is 32.1. The largest absolute Gasteiger partial charge is 0.396 e. The van der Waals surface area contributed by atoms with Crippen LogP contribution in [0.3, 0.4) is 0 Å². The molecule has 0 aliphatic rings. The van der Waals surface area contributed by atoms with Gasteiger partial charge in [-0.1, -0.05) is 0 Å². The Kier molecular flexibility index (Phi) is 4.93. The third kappa shape index (κ3) is 3.78. The molecule has 0 bridgehead atoms. The number of unbranched alkanes of at least 4 members (excludes halogenated alkanes) is 2. The van der Waals surface area contributed by atoms with Gasteiger partial charge in [0.15, 0.2) is 4.96 Å². The first kappa shape index (κ1) is 14.0. The molecule has 0 radical (unpaired) electrons. The molecule has 0 aromatic carbocycles. The van der Waals surface area contributed by atoms with Gasteiger partial charge in [0.25, 0.3) is 0 Å². The van der Waals surface area contributed by atoms with E-state index in [1.165, 1.54) is 0 Å². The number of aliphatic hydroxyl groups is 1. The van der Waals surface area contributed by atoms with E-state index in [4.69, 9.17) is 5.11 Å². The molecule has 2 aromatic heterocycles. The number of carbonyl (C=O) groups excluding carboxylic acids is 1. The number of carbonyl (C=O) groups is 1. The van der Waals surface area contributed by atoms with E-state index < -0.39 is 0 Å². The Morgan fingerprint density at radius 3 is 3.05 bits per heavy atom. The van der Waals surface area contributed by atoms with Gasteiger partial charge in [0.2, 0.25) is 5.91 Å². The number of aliphatic hydroxyl groups excluding tert-OH is 1. The van der Waals surface area contributed by atoms with Crippen molar-refractivity contribution in [1.29, 1.82) is 0 Å². The van der Waals surface area contributed by atoms with Crippen LogP contribution >= 0.6 is 11.3 Å². The second-order valence-electron chi connectivity index (χ2n) is 4.60. The molecule has 6 heteroatoms. The molecule has 5 nitrogen and oxygen atoms in total. The van der Waals surface area contributed by atoms with Gasteiger partial charge in [-0.25, -0.2) is 4.98 Å². The summed E-state index contributed by atoms with van der Waals surface area (Å²) in [5, 5.41) is 10.7. The first-order valence-electron chi connectivity index (χ1n) is 6.46. The molecule has 0 fully saturated rings. The maximum atomic E-state index is 12.0. The van der Waals surface area contributed by atoms with Crippen molar-refractivity contribution in [3.05, 3.63) is 23.5 Å². The van der Waals surface area contributed by atoms with Gasteiger partial charge in [0, 0.05) is 38.0 Å². The van der Waals surface area contributed by atoms with E-state index in [2.05, 4.69) is 4.98 Å².